The van der Waals surface area contributed by atoms with E-state index in [1.165, 1.54) is 12.8 Å². The molecule has 3 nitrogen and oxygen atoms in total. The van der Waals surface area contributed by atoms with Crippen LogP contribution in [0.3, 0.4) is 0 Å². The monoisotopic (exact) mass is 227 g/mol. The van der Waals surface area contributed by atoms with Crippen molar-refractivity contribution in [3.63, 3.8) is 0 Å². The van der Waals surface area contributed by atoms with E-state index in [1.807, 2.05) is 0 Å². The lowest BCUT2D eigenvalue weighted by Gasteiger charge is -2.60. The summed E-state index contributed by atoms with van der Waals surface area (Å²) in [4.78, 5) is 0. The predicted octanol–water partition coefficient (Wildman–Crippen LogP) is 1.81. The first-order valence-electron chi connectivity index (χ1n) is 6.45. The molecule has 1 heterocycles. The van der Waals surface area contributed by atoms with Crippen LogP contribution in [0.15, 0.2) is 0 Å². The van der Waals surface area contributed by atoms with Gasteiger partial charge >= 0.3 is 0 Å². The minimum Gasteiger partial charge on any atom is -0.380 e. The van der Waals surface area contributed by atoms with Crippen LogP contribution in [0.25, 0.3) is 0 Å². The summed E-state index contributed by atoms with van der Waals surface area (Å²) in [6.07, 6.45) is 3.29. The molecule has 0 aromatic carbocycles. The summed E-state index contributed by atoms with van der Waals surface area (Å²) in [6.45, 7) is 8.62. The summed E-state index contributed by atoms with van der Waals surface area (Å²) in [5.41, 5.74) is 0.276. The lowest BCUT2D eigenvalue weighted by molar-refractivity contribution is -0.193. The average molecular weight is 227 g/mol. The van der Waals surface area contributed by atoms with Crippen LogP contribution in [-0.2, 0) is 9.47 Å². The maximum atomic E-state index is 5.88. The van der Waals surface area contributed by atoms with Gasteiger partial charge in [0.05, 0.1) is 12.2 Å². The van der Waals surface area contributed by atoms with Crippen molar-refractivity contribution in [2.75, 3.05) is 20.3 Å². The Bertz CT molecular complexity index is 242. The molecule has 0 bridgehead atoms. The van der Waals surface area contributed by atoms with Crippen molar-refractivity contribution in [2.45, 2.75) is 51.9 Å². The fraction of sp³-hybridized carbons (Fsp3) is 1.00. The Morgan fingerprint density at radius 1 is 1.50 bits per heavy atom. The number of hydrogen-bond donors (Lipinski definition) is 1. The molecular weight excluding hydrogens is 202 g/mol. The first-order chi connectivity index (χ1) is 7.57. The van der Waals surface area contributed by atoms with E-state index in [1.54, 1.807) is 7.11 Å². The molecule has 2 rings (SSSR count). The maximum absolute atomic E-state index is 5.88. The van der Waals surface area contributed by atoms with Crippen LogP contribution in [0, 0.1) is 11.3 Å². The molecule has 3 heteroatoms. The summed E-state index contributed by atoms with van der Waals surface area (Å²) in [5.74, 6) is 0.716. The molecule has 0 spiro atoms. The number of methoxy groups -OCH3 is 1. The van der Waals surface area contributed by atoms with Gasteiger partial charge in [0.25, 0.3) is 0 Å². The van der Waals surface area contributed by atoms with Gasteiger partial charge in [0.2, 0.25) is 0 Å². The van der Waals surface area contributed by atoms with Gasteiger partial charge in [-0.25, -0.2) is 0 Å². The van der Waals surface area contributed by atoms with Crippen LogP contribution >= 0.6 is 0 Å². The maximum Gasteiger partial charge on any atom is 0.0684 e. The second-order valence-corrected chi connectivity index (χ2v) is 5.85. The van der Waals surface area contributed by atoms with Gasteiger partial charge in [-0.15, -0.1) is 0 Å². The van der Waals surface area contributed by atoms with Crippen molar-refractivity contribution < 1.29 is 9.47 Å². The van der Waals surface area contributed by atoms with E-state index < -0.39 is 0 Å². The number of fused-ring (bicyclic) bond motifs is 1. The Kier molecular flexibility index (Phi) is 3.57. The third-order valence-corrected chi connectivity index (χ3v) is 4.36. The Balaban J connectivity index is 1.89. The highest BCUT2D eigenvalue weighted by atomic mass is 16.5. The van der Waals surface area contributed by atoms with Gasteiger partial charge in [0, 0.05) is 37.6 Å². The molecule has 1 aliphatic heterocycles. The zero-order valence-corrected chi connectivity index (χ0v) is 11.0. The fourth-order valence-corrected chi connectivity index (χ4v) is 3.31. The van der Waals surface area contributed by atoms with Crippen molar-refractivity contribution in [1.82, 2.24) is 5.32 Å². The standard InChI is InChI=1S/C13H25NO2/c1-9(15-4)8-14-11-10-6-5-7-16-12(10)13(11,2)3/h9-12,14H,5-8H2,1-4H3. The second kappa shape index (κ2) is 4.63. The highest BCUT2D eigenvalue weighted by molar-refractivity contribution is 5.10. The van der Waals surface area contributed by atoms with E-state index in [-0.39, 0.29) is 5.41 Å². The van der Waals surface area contributed by atoms with Crippen molar-refractivity contribution in [3.8, 4) is 0 Å². The molecule has 2 fully saturated rings. The predicted molar refractivity (Wildman–Crippen MR) is 64.5 cm³/mol. The number of ether oxygens (including phenoxy) is 2. The molecule has 1 aliphatic carbocycles. The van der Waals surface area contributed by atoms with Crippen LogP contribution in [0.4, 0.5) is 0 Å². The average Bonchev–Trinajstić information content (AvgIpc) is 2.28. The Labute approximate surface area is 98.9 Å². The van der Waals surface area contributed by atoms with Gasteiger partial charge in [-0.05, 0) is 19.8 Å². The quantitative estimate of drug-likeness (QED) is 0.794. The summed E-state index contributed by atoms with van der Waals surface area (Å²) in [6, 6.07) is 0.593. The fourth-order valence-electron chi connectivity index (χ4n) is 3.31. The Morgan fingerprint density at radius 3 is 2.94 bits per heavy atom. The van der Waals surface area contributed by atoms with Crippen LogP contribution in [0.1, 0.15) is 33.6 Å². The summed E-state index contributed by atoms with van der Waals surface area (Å²) < 4.78 is 11.2. The third-order valence-electron chi connectivity index (χ3n) is 4.36. The number of nitrogens with one attached hydrogen (secondary N) is 1. The molecule has 1 saturated carbocycles. The first-order valence-corrected chi connectivity index (χ1v) is 6.45. The van der Waals surface area contributed by atoms with Crippen LogP contribution < -0.4 is 5.32 Å². The highest BCUT2D eigenvalue weighted by Gasteiger charge is 2.57. The number of hydrogen-bond acceptors (Lipinski definition) is 3. The van der Waals surface area contributed by atoms with E-state index in [0.29, 0.717) is 24.2 Å². The number of rotatable bonds is 4. The van der Waals surface area contributed by atoms with Gasteiger partial charge in [-0.1, -0.05) is 13.8 Å². The molecule has 0 radical (unpaired) electrons. The minimum atomic E-state index is 0.276. The normalized spacial score (nSPS) is 38.6. The molecule has 1 saturated heterocycles. The lowest BCUT2D eigenvalue weighted by Crippen LogP contribution is -2.69. The summed E-state index contributed by atoms with van der Waals surface area (Å²) in [5, 5.41) is 3.65. The molecule has 0 amide bonds. The molecular formula is C13H25NO2. The zero-order chi connectivity index (χ0) is 11.8. The zero-order valence-electron chi connectivity index (χ0n) is 11.0. The van der Waals surface area contributed by atoms with E-state index in [9.17, 15) is 0 Å². The topological polar surface area (TPSA) is 30.5 Å². The van der Waals surface area contributed by atoms with Crippen molar-refractivity contribution in [3.05, 3.63) is 0 Å². The van der Waals surface area contributed by atoms with Gasteiger partial charge in [0.15, 0.2) is 0 Å². The smallest absolute Gasteiger partial charge is 0.0684 e. The van der Waals surface area contributed by atoms with Crippen molar-refractivity contribution in [1.29, 1.82) is 0 Å². The minimum absolute atomic E-state index is 0.276. The van der Waals surface area contributed by atoms with Gasteiger partial charge < -0.3 is 14.8 Å². The molecule has 4 unspecified atom stereocenters. The largest absolute Gasteiger partial charge is 0.380 e. The lowest BCUT2D eigenvalue weighted by atomic mass is 9.55. The van der Waals surface area contributed by atoms with Crippen molar-refractivity contribution in [2.24, 2.45) is 11.3 Å². The molecule has 16 heavy (non-hydrogen) atoms. The Morgan fingerprint density at radius 2 is 2.25 bits per heavy atom. The second-order valence-electron chi connectivity index (χ2n) is 5.85. The van der Waals surface area contributed by atoms with Gasteiger partial charge in [0.1, 0.15) is 0 Å². The molecule has 0 aromatic rings. The van der Waals surface area contributed by atoms with Crippen LogP contribution in [0.2, 0.25) is 0 Å². The van der Waals surface area contributed by atoms with E-state index >= 15 is 0 Å². The Hall–Kier alpha value is -0.120. The van der Waals surface area contributed by atoms with Crippen LogP contribution in [-0.4, -0.2) is 38.5 Å². The highest BCUT2D eigenvalue weighted by Crippen LogP contribution is 2.51. The SMILES string of the molecule is COC(C)CNC1C2CCCOC2C1(C)C. The van der Waals surface area contributed by atoms with Gasteiger partial charge in [-0.3, -0.25) is 0 Å². The molecule has 94 valence electrons. The van der Waals surface area contributed by atoms with Crippen LogP contribution in [0.5, 0.6) is 0 Å². The van der Waals surface area contributed by atoms with Crippen molar-refractivity contribution >= 4 is 0 Å². The molecule has 1 N–H and O–H groups in total. The van der Waals surface area contributed by atoms with Gasteiger partial charge in [-0.2, -0.15) is 0 Å². The third kappa shape index (κ3) is 2.01. The molecule has 2 aliphatic rings. The molecule has 4 atom stereocenters. The van der Waals surface area contributed by atoms with E-state index in [2.05, 4.69) is 26.1 Å². The molecule has 0 aromatic heterocycles. The summed E-state index contributed by atoms with van der Waals surface area (Å²) >= 11 is 0. The van der Waals surface area contributed by atoms with E-state index in [0.717, 1.165) is 13.2 Å². The summed E-state index contributed by atoms with van der Waals surface area (Å²) in [7, 11) is 1.77. The first kappa shape index (κ1) is 12.3. The van der Waals surface area contributed by atoms with E-state index in [4.69, 9.17) is 9.47 Å².